The van der Waals surface area contributed by atoms with Crippen LogP contribution in [0.25, 0.3) is 0 Å². The lowest BCUT2D eigenvalue weighted by Gasteiger charge is -2.59. The highest BCUT2D eigenvalue weighted by atomic mass is 79.9. The van der Waals surface area contributed by atoms with Gasteiger partial charge in [0.25, 0.3) is 11.8 Å². The van der Waals surface area contributed by atoms with Crippen molar-refractivity contribution in [3.05, 3.63) is 190 Å². The molecule has 0 unspecified atom stereocenters. The van der Waals surface area contributed by atoms with Gasteiger partial charge in [0.15, 0.2) is 0 Å². The van der Waals surface area contributed by atoms with Crippen LogP contribution in [-0.2, 0) is 0 Å². The Hall–Kier alpha value is -7.64. The molecule has 0 aromatic heterocycles. The molecule has 432 valence electrons. The number of benzene rings is 6. The minimum atomic E-state index is -1.18. The zero-order chi connectivity index (χ0) is 58.5. The van der Waals surface area contributed by atoms with Gasteiger partial charge < -0.3 is 55.2 Å². The van der Waals surface area contributed by atoms with Gasteiger partial charge in [-0.1, -0.05) is 82.4 Å². The number of halogens is 1. The third-order valence-electron chi connectivity index (χ3n) is 16.4. The Morgan fingerprint density at radius 2 is 0.952 bits per heavy atom. The van der Waals surface area contributed by atoms with E-state index in [4.69, 9.17) is 9.47 Å². The maximum absolute atomic E-state index is 13.4. The number of ether oxygens (including phenoxy) is 2. The van der Waals surface area contributed by atoms with Gasteiger partial charge in [0.05, 0.1) is 62.9 Å². The molecule has 19 heteroatoms. The summed E-state index contributed by atoms with van der Waals surface area (Å²) in [6.07, 6.45) is -4.33. The number of aliphatic hydroxyl groups is 4. The molecule has 5 heterocycles. The average Bonchev–Trinajstić information content (AvgIpc) is 2.41. The van der Waals surface area contributed by atoms with Crippen LogP contribution >= 0.6 is 15.9 Å². The number of β-amino-alcohol motifs (C(OH)–C–C–N with tert-alkyl or cyclic N) is 2. The van der Waals surface area contributed by atoms with E-state index in [-0.39, 0.29) is 86.6 Å². The number of fused-ring (bicyclic) bond motifs is 3. The van der Waals surface area contributed by atoms with Crippen LogP contribution in [-0.4, -0.2) is 203 Å². The van der Waals surface area contributed by atoms with Gasteiger partial charge in [0.1, 0.15) is 11.5 Å². The molecule has 6 aromatic carbocycles. The molecule has 0 radical (unpaired) electrons. The van der Waals surface area contributed by atoms with E-state index in [0.29, 0.717) is 47.1 Å². The molecule has 11 rings (SSSR count). The molecule has 6 amide bonds. The maximum atomic E-state index is 13.4. The number of carbonyl (C=O) groups excluding carboxylic acids is 4. The summed E-state index contributed by atoms with van der Waals surface area (Å²) in [6.45, 7) is 2.09. The first-order chi connectivity index (χ1) is 40.1. The molecule has 83 heavy (non-hydrogen) atoms. The molecule has 10 atom stereocenters. The molecule has 0 bridgehead atoms. The fourth-order valence-electron chi connectivity index (χ4n) is 12.1. The van der Waals surface area contributed by atoms with E-state index in [0.717, 1.165) is 27.7 Å². The lowest BCUT2D eigenvalue weighted by molar-refractivity contribution is -0.105. The van der Waals surface area contributed by atoms with Gasteiger partial charge in [0.2, 0.25) is 0 Å². The van der Waals surface area contributed by atoms with Crippen LogP contribution in [0.4, 0.5) is 21.0 Å². The number of anilines is 2. The summed E-state index contributed by atoms with van der Waals surface area (Å²) in [6, 6.07) is 45.8. The second kappa shape index (κ2) is 25.9. The van der Waals surface area contributed by atoms with Crippen LogP contribution in [0, 0.1) is 11.8 Å². The number of likely N-dealkylation sites (N-methyl/N-ethyl adjacent to an activating group) is 1. The minimum absolute atomic E-state index is 0.00929. The standard InChI is InChI=1S/C33H38N4O4.C31H31BrN4O6/c1-35(2)19-28-32(25-13-11-24(12-14-25)10-9-23-7-5-4-6-8-23)29-20-36(21-30(38)31(39)22-37(28)29)33(40)34-26-15-17-27(41-3)18-16-26;1-42-21-12-10-20(11-13-21)33-31(41)34-14-24-28(18-6-8-19(32)9-7-18)25(35(24)17-27(38)26(37)16-34)15-36-29(39)22-4-2-3-5-23(22)30(36)40/h4-8,11-18,28-32,38-39H,19-22H2,1-3H3,(H,34,40);2-13,24-28,37-38H,14-17H2,1H3,(H,33,41)/t28-,29+,30-,31+,32+;24-,25+,26+,27-,28+/m10/s1. The molecule has 4 fully saturated rings. The maximum Gasteiger partial charge on any atom is 0.321 e. The quantitative estimate of drug-likeness (QED) is 0.0666. The number of amides is 6. The number of nitrogens with zero attached hydrogens (tertiary/aromatic N) is 6. The minimum Gasteiger partial charge on any atom is -0.497 e. The summed E-state index contributed by atoms with van der Waals surface area (Å²) >= 11 is 3.49. The Kier molecular flexibility index (Phi) is 18.3. The van der Waals surface area contributed by atoms with Gasteiger partial charge in [-0.25, -0.2) is 9.59 Å². The van der Waals surface area contributed by atoms with Gasteiger partial charge in [-0.3, -0.25) is 24.3 Å². The molecule has 5 aliphatic rings. The predicted octanol–water partition coefficient (Wildman–Crippen LogP) is 6.22. The Bertz CT molecular complexity index is 3280. The number of imide groups is 1. The van der Waals surface area contributed by atoms with Gasteiger partial charge in [-0.15, -0.1) is 0 Å². The van der Waals surface area contributed by atoms with Crippen LogP contribution in [0.15, 0.2) is 156 Å². The Balaban J connectivity index is 0.000000185. The summed E-state index contributed by atoms with van der Waals surface area (Å²) in [5, 5.41) is 49.2. The zero-order valence-corrected chi connectivity index (χ0v) is 48.2. The number of aliphatic hydroxyl groups excluding tert-OH is 4. The van der Waals surface area contributed by atoms with Crippen molar-refractivity contribution in [3.63, 3.8) is 0 Å². The van der Waals surface area contributed by atoms with Gasteiger partial charge >= 0.3 is 12.1 Å². The molecular formula is C64H69BrN8O10. The fourth-order valence-corrected chi connectivity index (χ4v) is 12.4. The summed E-state index contributed by atoms with van der Waals surface area (Å²) in [4.78, 5) is 64.1. The van der Waals surface area contributed by atoms with E-state index in [1.54, 1.807) is 91.9 Å². The van der Waals surface area contributed by atoms with E-state index in [1.807, 2.05) is 73.6 Å². The largest absolute Gasteiger partial charge is 0.497 e. The number of rotatable bonds is 10. The van der Waals surface area contributed by atoms with Crippen LogP contribution in [0.2, 0.25) is 0 Å². The van der Waals surface area contributed by atoms with Crippen molar-refractivity contribution in [1.29, 1.82) is 0 Å². The fraction of sp³-hybridized carbons (Fsp3) is 0.344. The van der Waals surface area contributed by atoms with E-state index < -0.39 is 30.4 Å². The lowest BCUT2D eigenvalue weighted by Crippen LogP contribution is -2.72. The molecule has 6 aromatic rings. The van der Waals surface area contributed by atoms with Crippen LogP contribution in [0.5, 0.6) is 11.5 Å². The molecule has 0 spiro atoms. The third-order valence-corrected chi connectivity index (χ3v) is 16.9. The molecule has 0 saturated carbocycles. The SMILES string of the molecule is COc1ccc(NC(=O)N2C[C@@H](O)[C@@H](O)CN3[C@H](CN(C)C)[C@H](c4ccc(C#Cc5ccccc5)cc4)[C@@H]3C2)cc1.COc1ccc(NC(=O)N2C[C@@H](O)[C@@H](O)CN3[C@H](CN4C(=O)c5ccccc5C4=O)[C@H](c4ccc(Br)cc4)[C@@H]3C2)cc1. The van der Waals surface area contributed by atoms with Crippen LogP contribution in [0.3, 0.4) is 0 Å². The second-order valence-corrected chi connectivity index (χ2v) is 22.8. The normalized spacial score (nSPS) is 25.0. The molecule has 5 aliphatic heterocycles. The van der Waals surface area contributed by atoms with Crippen molar-refractivity contribution < 1.29 is 49.1 Å². The van der Waals surface area contributed by atoms with Crippen molar-refractivity contribution >= 4 is 51.2 Å². The van der Waals surface area contributed by atoms with Crippen LogP contribution in [0.1, 0.15) is 54.8 Å². The summed E-state index contributed by atoms with van der Waals surface area (Å²) in [5.74, 6) is 7.12. The topological polar surface area (TPSA) is 211 Å². The molecule has 18 nitrogen and oxygen atoms in total. The smallest absolute Gasteiger partial charge is 0.321 e. The zero-order valence-electron chi connectivity index (χ0n) is 46.7. The van der Waals surface area contributed by atoms with Crippen LogP contribution < -0.4 is 20.1 Å². The predicted molar refractivity (Wildman–Crippen MR) is 319 cm³/mol. The summed E-state index contributed by atoms with van der Waals surface area (Å²) < 4.78 is 11.3. The first-order valence-electron chi connectivity index (χ1n) is 27.7. The van der Waals surface area contributed by atoms with E-state index >= 15 is 0 Å². The number of hydrogen-bond acceptors (Lipinski definition) is 13. The van der Waals surface area contributed by atoms with Gasteiger partial charge in [-0.2, -0.15) is 0 Å². The second-order valence-electron chi connectivity index (χ2n) is 21.9. The van der Waals surface area contributed by atoms with Crippen molar-refractivity contribution in [1.82, 2.24) is 29.4 Å². The van der Waals surface area contributed by atoms with Crippen molar-refractivity contribution in [2.75, 3.05) is 91.3 Å². The first kappa shape index (κ1) is 58.6. The van der Waals surface area contributed by atoms with Gasteiger partial charge in [-0.05, 0) is 122 Å². The molecule has 4 saturated heterocycles. The molecular weight excluding hydrogens is 1120 g/mol. The van der Waals surface area contributed by atoms with Crippen molar-refractivity contribution in [2.45, 2.75) is 60.4 Å². The number of hydrogen-bond donors (Lipinski definition) is 6. The Labute approximate surface area is 491 Å². The first-order valence-corrected chi connectivity index (χ1v) is 28.5. The Morgan fingerprint density at radius 1 is 0.542 bits per heavy atom. The van der Waals surface area contributed by atoms with E-state index in [1.165, 1.54) is 15.4 Å². The lowest BCUT2D eigenvalue weighted by atomic mass is 9.73. The number of methoxy groups -OCH3 is 2. The summed E-state index contributed by atoms with van der Waals surface area (Å²) in [5.41, 5.74) is 6.03. The molecule has 6 N–H and O–H groups in total. The van der Waals surface area contributed by atoms with Crippen molar-refractivity contribution in [3.8, 4) is 23.3 Å². The van der Waals surface area contributed by atoms with E-state index in [9.17, 15) is 39.6 Å². The van der Waals surface area contributed by atoms with E-state index in [2.05, 4.69) is 72.5 Å². The summed E-state index contributed by atoms with van der Waals surface area (Å²) in [7, 11) is 7.23. The monoisotopic (exact) mass is 1190 g/mol. The number of urea groups is 2. The van der Waals surface area contributed by atoms with Crippen molar-refractivity contribution in [2.24, 2.45) is 0 Å². The average molecular weight is 1190 g/mol. The highest BCUT2D eigenvalue weighted by Crippen LogP contribution is 2.45. The number of carbonyl (C=O) groups is 4. The Morgan fingerprint density at radius 3 is 1.41 bits per heavy atom. The molecule has 0 aliphatic carbocycles. The highest BCUT2D eigenvalue weighted by molar-refractivity contribution is 9.10. The van der Waals surface area contributed by atoms with Gasteiger partial charge in [0, 0.05) is 102 Å². The third kappa shape index (κ3) is 13.1. The highest BCUT2D eigenvalue weighted by Gasteiger charge is 2.55. The number of nitrogens with one attached hydrogen (secondary N) is 2.